The van der Waals surface area contributed by atoms with E-state index in [9.17, 15) is 14.4 Å². The average molecular weight is 322 g/mol. The number of hydrogen-bond donors (Lipinski definition) is 0. The van der Waals surface area contributed by atoms with Gasteiger partial charge in [0, 0.05) is 20.5 Å². The van der Waals surface area contributed by atoms with E-state index < -0.39 is 17.9 Å². The van der Waals surface area contributed by atoms with Gasteiger partial charge in [-0.05, 0) is 17.7 Å². The Kier molecular flexibility index (Phi) is 4.16. The summed E-state index contributed by atoms with van der Waals surface area (Å²) in [7, 11) is 3.25. The Morgan fingerprint density at radius 1 is 0.917 bits per heavy atom. The maximum Gasteiger partial charge on any atom is 0.262 e. The molecule has 5 heteroatoms. The Hall–Kier alpha value is -2.95. The van der Waals surface area contributed by atoms with Crippen molar-refractivity contribution in [1.29, 1.82) is 0 Å². The lowest BCUT2D eigenvalue weighted by molar-refractivity contribution is -0.132. The first-order valence-corrected chi connectivity index (χ1v) is 7.72. The van der Waals surface area contributed by atoms with Crippen LogP contribution in [0.15, 0.2) is 54.6 Å². The maximum atomic E-state index is 12.7. The van der Waals surface area contributed by atoms with Crippen molar-refractivity contribution in [2.75, 3.05) is 14.1 Å². The SMILES string of the molecule is CN(C)C(=O)[C@H](Cc1ccccc1)N1C(=O)c2ccccc2C1=O. The fourth-order valence-electron chi connectivity index (χ4n) is 2.92. The second-order valence-electron chi connectivity index (χ2n) is 5.96. The van der Waals surface area contributed by atoms with Gasteiger partial charge in [-0.25, -0.2) is 0 Å². The molecule has 122 valence electrons. The molecule has 3 rings (SSSR count). The third kappa shape index (κ3) is 2.69. The highest BCUT2D eigenvalue weighted by Gasteiger charge is 2.42. The molecule has 5 nitrogen and oxygen atoms in total. The largest absolute Gasteiger partial charge is 0.347 e. The van der Waals surface area contributed by atoms with Crippen molar-refractivity contribution >= 4 is 17.7 Å². The lowest BCUT2D eigenvalue weighted by atomic mass is 10.0. The number of fused-ring (bicyclic) bond motifs is 1. The number of likely N-dealkylation sites (N-methyl/N-ethyl adjacent to an activating group) is 1. The molecular formula is C19H18N2O3. The first kappa shape index (κ1) is 15.9. The number of hydrogen-bond acceptors (Lipinski definition) is 3. The number of carbonyl (C=O) groups excluding carboxylic acids is 3. The second kappa shape index (κ2) is 6.28. The summed E-state index contributed by atoms with van der Waals surface area (Å²) >= 11 is 0. The normalized spacial score (nSPS) is 14.5. The highest BCUT2D eigenvalue weighted by atomic mass is 16.2. The maximum absolute atomic E-state index is 12.7. The van der Waals surface area contributed by atoms with Gasteiger partial charge in [0.15, 0.2) is 0 Å². The highest BCUT2D eigenvalue weighted by Crippen LogP contribution is 2.26. The minimum atomic E-state index is -0.852. The van der Waals surface area contributed by atoms with Gasteiger partial charge >= 0.3 is 0 Å². The van der Waals surface area contributed by atoms with Crippen molar-refractivity contribution in [3.63, 3.8) is 0 Å². The summed E-state index contributed by atoms with van der Waals surface area (Å²) in [6.45, 7) is 0. The van der Waals surface area contributed by atoms with Crippen LogP contribution in [0.4, 0.5) is 0 Å². The van der Waals surface area contributed by atoms with Crippen LogP contribution in [0.1, 0.15) is 26.3 Å². The van der Waals surface area contributed by atoms with E-state index in [4.69, 9.17) is 0 Å². The van der Waals surface area contributed by atoms with Crippen LogP contribution >= 0.6 is 0 Å². The first-order valence-electron chi connectivity index (χ1n) is 7.72. The zero-order valence-corrected chi connectivity index (χ0v) is 13.6. The second-order valence-corrected chi connectivity index (χ2v) is 5.96. The summed E-state index contributed by atoms with van der Waals surface area (Å²) in [5, 5.41) is 0. The molecule has 0 fully saturated rings. The topological polar surface area (TPSA) is 57.7 Å². The monoisotopic (exact) mass is 322 g/mol. The third-order valence-electron chi connectivity index (χ3n) is 4.13. The number of benzene rings is 2. The van der Waals surface area contributed by atoms with Crippen LogP contribution < -0.4 is 0 Å². The zero-order valence-electron chi connectivity index (χ0n) is 13.6. The third-order valence-corrected chi connectivity index (χ3v) is 4.13. The molecular weight excluding hydrogens is 304 g/mol. The van der Waals surface area contributed by atoms with Crippen LogP contribution in [0.2, 0.25) is 0 Å². The average Bonchev–Trinajstić information content (AvgIpc) is 2.85. The van der Waals surface area contributed by atoms with Gasteiger partial charge in [-0.1, -0.05) is 42.5 Å². The van der Waals surface area contributed by atoms with E-state index in [1.54, 1.807) is 38.4 Å². The van der Waals surface area contributed by atoms with Crippen LogP contribution in [-0.2, 0) is 11.2 Å². The fourth-order valence-corrected chi connectivity index (χ4v) is 2.92. The van der Waals surface area contributed by atoms with E-state index >= 15 is 0 Å². The van der Waals surface area contributed by atoms with Gasteiger partial charge in [0.25, 0.3) is 11.8 Å². The van der Waals surface area contributed by atoms with Gasteiger partial charge in [0.05, 0.1) is 11.1 Å². The first-order chi connectivity index (χ1) is 11.5. The zero-order chi connectivity index (χ0) is 17.3. The lowest BCUT2D eigenvalue weighted by Gasteiger charge is -2.27. The van der Waals surface area contributed by atoms with Gasteiger partial charge in [-0.2, -0.15) is 0 Å². The molecule has 0 radical (unpaired) electrons. The smallest absolute Gasteiger partial charge is 0.262 e. The summed E-state index contributed by atoms with van der Waals surface area (Å²) in [6, 6.07) is 15.2. The molecule has 0 N–H and O–H groups in total. The highest BCUT2D eigenvalue weighted by molar-refractivity contribution is 6.22. The van der Waals surface area contributed by atoms with Crippen LogP contribution in [0.5, 0.6) is 0 Å². The Balaban J connectivity index is 1.99. The van der Waals surface area contributed by atoms with Gasteiger partial charge in [0.1, 0.15) is 6.04 Å². The number of carbonyl (C=O) groups is 3. The molecule has 0 saturated carbocycles. The molecule has 1 heterocycles. The number of amides is 3. The molecule has 0 bridgehead atoms. The molecule has 0 unspecified atom stereocenters. The molecule has 24 heavy (non-hydrogen) atoms. The molecule has 3 amide bonds. The summed E-state index contributed by atoms with van der Waals surface area (Å²) in [4.78, 5) is 40.6. The van der Waals surface area contributed by atoms with Gasteiger partial charge in [-0.15, -0.1) is 0 Å². The number of imide groups is 1. The summed E-state index contributed by atoms with van der Waals surface area (Å²) in [5.74, 6) is -1.09. The van der Waals surface area contributed by atoms with Crippen LogP contribution in [0, 0.1) is 0 Å². The molecule has 1 aliphatic rings. The fraction of sp³-hybridized carbons (Fsp3) is 0.211. The van der Waals surface area contributed by atoms with E-state index in [2.05, 4.69) is 0 Å². The molecule has 1 aliphatic heterocycles. The Morgan fingerprint density at radius 3 is 1.92 bits per heavy atom. The quantitative estimate of drug-likeness (QED) is 0.809. The van der Waals surface area contributed by atoms with Crippen molar-refractivity contribution in [3.05, 3.63) is 71.3 Å². The number of rotatable bonds is 4. The van der Waals surface area contributed by atoms with Gasteiger partial charge < -0.3 is 4.90 Å². The summed E-state index contributed by atoms with van der Waals surface area (Å²) in [6.07, 6.45) is 0.295. The minimum absolute atomic E-state index is 0.270. The van der Waals surface area contributed by atoms with E-state index in [-0.39, 0.29) is 5.91 Å². The molecule has 1 atom stereocenters. The molecule has 0 spiro atoms. The van der Waals surface area contributed by atoms with Crippen molar-refractivity contribution in [2.24, 2.45) is 0 Å². The summed E-state index contributed by atoms with van der Waals surface area (Å²) in [5.41, 5.74) is 1.61. The molecule has 0 saturated heterocycles. The van der Waals surface area contributed by atoms with Crippen molar-refractivity contribution < 1.29 is 14.4 Å². The van der Waals surface area contributed by atoms with E-state index in [1.807, 2.05) is 30.3 Å². The lowest BCUT2D eigenvalue weighted by Crippen LogP contribution is -2.50. The molecule has 0 aromatic heterocycles. The molecule has 2 aromatic rings. The van der Waals surface area contributed by atoms with Gasteiger partial charge in [0.2, 0.25) is 5.91 Å². The van der Waals surface area contributed by atoms with E-state index in [1.165, 1.54) is 4.90 Å². The predicted octanol–water partition coefficient (Wildman–Crippen LogP) is 1.98. The Labute approximate surface area is 140 Å². The molecule has 2 aromatic carbocycles. The number of nitrogens with zero attached hydrogens (tertiary/aromatic N) is 2. The van der Waals surface area contributed by atoms with Gasteiger partial charge in [-0.3, -0.25) is 19.3 Å². The van der Waals surface area contributed by atoms with Crippen molar-refractivity contribution in [2.45, 2.75) is 12.5 Å². The van der Waals surface area contributed by atoms with Crippen molar-refractivity contribution in [1.82, 2.24) is 9.80 Å². The molecule has 0 aliphatic carbocycles. The Morgan fingerprint density at radius 2 is 1.42 bits per heavy atom. The Bertz CT molecular complexity index is 764. The van der Waals surface area contributed by atoms with Crippen LogP contribution in [0.25, 0.3) is 0 Å². The summed E-state index contributed by atoms with van der Waals surface area (Å²) < 4.78 is 0. The van der Waals surface area contributed by atoms with Crippen LogP contribution in [0.3, 0.4) is 0 Å². The minimum Gasteiger partial charge on any atom is -0.347 e. The standard InChI is InChI=1S/C19H18N2O3/c1-20(2)19(24)16(12-13-8-4-3-5-9-13)21-17(22)14-10-6-7-11-15(14)18(21)23/h3-11,16H,12H2,1-2H3/t16-/m0/s1. The predicted molar refractivity (Wildman–Crippen MR) is 89.6 cm³/mol. The van der Waals surface area contributed by atoms with Crippen LogP contribution in [-0.4, -0.2) is 47.7 Å². The van der Waals surface area contributed by atoms with E-state index in [0.29, 0.717) is 17.5 Å². The van der Waals surface area contributed by atoms with Crippen molar-refractivity contribution in [3.8, 4) is 0 Å². The van der Waals surface area contributed by atoms with E-state index in [0.717, 1.165) is 10.5 Å².